The number of ether oxygens (including phenoxy) is 1. The van der Waals surface area contributed by atoms with Crippen LogP contribution in [0, 0.1) is 11.8 Å². The maximum Gasteiger partial charge on any atom is 0.262 e. The van der Waals surface area contributed by atoms with Crippen LogP contribution < -0.4 is 10.1 Å². The second-order valence-electron chi connectivity index (χ2n) is 7.50. The zero-order valence-electron chi connectivity index (χ0n) is 16.2. The van der Waals surface area contributed by atoms with Crippen LogP contribution in [-0.4, -0.2) is 36.4 Å². The van der Waals surface area contributed by atoms with Crippen LogP contribution in [0.2, 0.25) is 5.02 Å². The number of likely N-dealkylation sites (tertiary alicyclic amines) is 1. The van der Waals surface area contributed by atoms with Crippen LogP contribution >= 0.6 is 11.6 Å². The summed E-state index contributed by atoms with van der Waals surface area (Å²) in [5.74, 6) is 1.08. The summed E-state index contributed by atoms with van der Waals surface area (Å²) in [7, 11) is 0. The third kappa shape index (κ3) is 5.26. The van der Waals surface area contributed by atoms with E-state index in [2.05, 4.69) is 19.2 Å². The molecule has 28 heavy (non-hydrogen) atoms. The Bertz CT molecular complexity index is 845. The van der Waals surface area contributed by atoms with Gasteiger partial charge in [-0.15, -0.1) is 0 Å². The lowest BCUT2D eigenvalue weighted by molar-refractivity contribution is -0.118. The molecule has 0 aromatic heterocycles. The van der Waals surface area contributed by atoms with Crippen LogP contribution in [0.1, 0.15) is 30.6 Å². The van der Waals surface area contributed by atoms with E-state index in [1.54, 1.807) is 42.5 Å². The molecule has 0 saturated carbocycles. The molecule has 1 saturated heterocycles. The summed E-state index contributed by atoms with van der Waals surface area (Å²) in [6, 6.07) is 14.0. The second-order valence-corrected chi connectivity index (χ2v) is 7.93. The minimum absolute atomic E-state index is 0.0509. The molecule has 2 atom stereocenters. The number of hydrogen-bond acceptors (Lipinski definition) is 3. The van der Waals surface area contributed by atoms with Crippen LogP contribution in [0.3, 0.4) is 0 Å². The first kappa shape index (κ1) is 20.2. The number of benzene rings is 2. The van der Waals surface area contributed by atoms with Gasteiger partial charge in [-0.3, -0.25) is 9.59 Å². The molecular formula is C22H25ClN2O3. The molecule has 0 spiro atoms. The molecule has 148 valence electrons. The van der Waals surface area contributed by atoms with E-state index in [0.29, 0.717) is 33.9 Å². The minimum Gasteiger partial charge on any atom is -0.484 e. The van der Waals surface area contributed by atoms with Gasteiger partial charge in [0.2, 0.25) is 0 Å². The lowest BCUT2D eigenvalue weighted by atomic mass is 9.91. The highest BCUT2D eigenvalue weighted by Gasteiger charge is 2.27. The summed E-state index contributed by atoms with van der Waals surface area (Å²) in [5, 5.41) is 3.33. The van der Waals surface area contributed by atoms with E-state index >= 15 is 0 Å². The van der Waals surface area contributed by atoms with Crippen molar-refractivity contribution >= 4 is 29.1 Å². The first-order valence-electron chi connectivity index (χ1n) is 9.49. The van der Waals surface area contributed by atoms with Gasteiger partial charge in [-0.1, -0.05) is 43.6 Å². The Balaban J connectivity index is 1.66. The molecule has 5 nitrogen and oxygen atoms in total. The minimum atomic E-state index is -0.333. The molecule has 1 N–H and O–H groups in total. The van der Waals surface area contributed by atoms with Gasteiger partial charge >= 0.3 is 0 Å². The van der Waals surface area contributed by atoms with Crippen LogP contribution in [0.25, 0.3) is 0 Å². The van der Waals surface area contributed by atoms with E-state index in [1.165, 1.54) is 0 Å². The maximum absolute atomic E-state index is 13.0. The smallest absolute Gasteiger partial charge is 0.262 e. The molecule has 1 heterocycles. The number of hydrogen-bond donors (Lipinski definition) is 1. The van der Waals surface area contributed by atoms with Crippen molar-refractivity contribution in [1.29, 1.82) is 0 Å². The molecule has 1 aliphatic heterocycles. The number of nitrogens with zero attached hydrogens (tertiary/aromatic N) is 1. The number of anilines is 1. The SMILES string of the molecule is CC1CC(C)CN(C(=O)c2ccccc2NC(=O)COc2cccc(Cl)c2)C1. The first-order chi connectivity index (χ1) is 13.4. The number of amides is 2. The highest BCUT2D eigenvalue weighted by Crippen LogP contribution is 2.25. The summed E-state index contributed by atoms with van der Waals surface area (Å²) in [6.45, 7) is 5.64. The monoisotopic (exact) mass is 400 g/mol. The molecule has 6 heteroatoms. The van der Waals surface area contributed by atoms with Crippen molar-refractivity contribution in [2.75, 3.05) is 25.0 Å². The highest BCUT2D eigenvalue weighted by atomic mass is 35.5. The van der Waals surface area contributed by atoms with Crippen molar-refractivity contribution in [3.8, 4) is 5.75 Å². The van der Waals surface area contributed by atoms with Gasteiger partial charge in [-0.05, 0) is 48.6 Å². The van der Waals surface area contributed by atoms with E-state index < -0.39 is 0 Å². The van der Waals surface area contributed by atoms with E-state index in [0.717, 1.165) is 19.5 Å². The molecule has 0 aliphatic carbocycles. The second kappa shape index (κ2) is 9.11. The zero-order chi connectivity index (χ0) is 20.1. The number of rotatable bonds is 5. The fraction of sp³-hybridized carbons (Fsp3) is 0.364. The summed E-state index contributed by atoms with van der Waals surface area (Å²) < 4.78 is 5.47. The maximum atomic E-state index is 13.0. The van der Waals surface area contributed by atoms with Gasteiger partial charge in [0.1, 0.15) is 5.75 Å². The standard InChI is InChI=1S/C22H25ClN2O3/c1-15-10-16(2)13-25(12-15)22(27)19-8-3-4-9-20(19)24-21(26)14-28-18-7-5-6-17(23)11-18/h3-9,11,15-16H,10,12-14H2,1-2H3,(H,24,26). The van der Waals surface area contributed by atoms with Gasteiger partial charge in [0, 0.05) is 18.1 Å². The molecule has 2 aromatic rings. The highest BCUT2D eigenvalue weighted by molar-refractivity contribution is 6.30. The molecule has 2 aromatic carbocycles. The molecule has 1 aliphatic rings. The topological polar surface area (TPSA) is 58.6 Å². The van der Waals surface area contributed by atoms with Crippen LogP contribution in [0.4, 0.5) is 5.69 Å². The van der Waals surface area contributed by atoms with E-state index in [-0.39, 0.29) is 18.4 Å². The third-order valence-electron chi connectivity index (χ3n) is 4.75. The van der Waals surface area contributed by atoms with Gasteiger partial charge in [-0.25, -0.2) is 0 Å². The molecule has 2 unspecified atom stereocenters. The van der Waals surface area contributed by atoms with Crippen LogP contribution in [0.5, 0.6) is 5.75 Å². The predicted molar refractivity (Wildman–Crippen MR) is 111 cm³/mol. The number of halogens is 1. The summed E-state index contributed by atoms with van der Waals surface area (Å²) >= 11 is 5.92. The number of para-hydroxylation sites is 1. The Morgan fingerprint density at radius 3 is 2.54 bits per heavy atom. The van der Waals surface area contributed by atoms with Crippen molar-refractivity contribution < 1.29 is 14.3 Å². The zero-order valence-corrected chi connectivity index (χ0v) is 16.9. The molecular weight excluding hydrogens is 376 g/mol. The van der Waals surface area contributed by atoms with Crippen molar-refractivity contribution in [3.05, 3.63) is 59.1 Å². The number of nitrogens with one attached hydrogen (secondary N) is 1. The number of piperidine rings is 1. The third-order valence-corrected chi connectivity index (χ3v) is 4.99. The Hall–Kier alpha value is -2.53. The van der Waals surface area contributed by atoms with Gasteiger partial charge in [0.25, 0.3) is 11.8 Å². The lowest BCUT2D eigenvalue weighted by Gasteiger charge is -2.35. The molecule has 0 radical (unpaired) electrons. The average molecular weight is 401 g/mol. The van der Waals surface area contributed by atoms with Crippen molar-refractivity contribution in [1.82, 2.24) is 4.90 Å². The predicted octanol–water partition coefficient (Wildman–Crippen LogP) is 4.48. The molecule has 2 amide bonds. The Morgan fingerprint density at radius 1 is 1.11 bits per heavy atom. The van der Waals surface area contributed by atoms with Gasteiger partial charge < -0.3 is 15.0 Å². The summed E-state index contributed by atoms with van der Waals surface area (Å²) in [4.78, 5) is 27.3. The normalized spacial score (nSPS) is 19.2. The molecule has 0 bridgehead atoms. The largest absolute Gasteiger partial charge is 0.484 e. The number of carbonyl (C=O) groups excluding carboxylic acids is 2. The molecule has 3 rings (SSSR count). The molecule has 1 fully saturated rings. The van der Waals surface area contributed by atoms with Gasteiger partial charge in [0.05, 0.1) is 11.3 Å². The van der Waals surface area contributed by atoms with Crippen molar-refractivity contribution in [2.24, 2.45) is 11.8 Å². The van der Waals surface area contributed by atoms with E-state index in [1.807, 2.05) is 11.0 Å². The first-order valence-corrected chi connectivity index (χ1v) is 9.86. The van der Waals surface area contributed by atoms with E-state index in [4.69, 9.17) is 16.3 Å². The Morgan fingerprint density at radius 2 is 1.82 bits per heavy atom. The average Bonchev–Trinajstić information content (AvgIpc) is 2.65. The van der Waals surface area contributed by atoms with Crippen molar-refractivity contribution in [3.63, 3.8) is 0 Å². The lowest BCUT2D eigenvalue weighted by Crippen LogP contribution is -2.42. The fourth-order valence-corrected chi connectivity index (χ4v) is 3.85. The van der Waals surface area contributed by atoms with Crippen LogP contribution in [0.15, 0.2) is 48.5 Å². The van der Waals surface area contributed by atoms with Gasteiger partial charge in [-0.2, -0.15) is 0 Å². The summed E-state index contributed by atoms with van der Waals surface area (Å²) in [5.41, 5.74) is 0.998. The van der Waals surface area contributed by atoms with Gasteiger partial charge in [0.15, 0.2) is 6.61 Å². The summed E-state index contributed by atoms with van der Waals surface area (Å²) in [6.07, 6.45) is 1.13. The quantitative estimate of drug-likeness (QED) is 0.805. The Kier molecular flexibility index (Phi) is 6.57. The van der Waals surface area contributed by atoms with Crippen molar-refractivity contribution in [2.45, 2.75) is 20.3 Å². The Labute approximate surface area is 170 Å². The number of carbonyl (C=O) groups is 2. The van der Waals surface area contributed by atoms with E-state index in [9.17, 15) is 9.59 Å². The van der Waals surface area contributed by atoms with Crippen LogP contribution in [-0.2, 0) is 4.79 Å². The fourth-order valence-electron chi connectivity index (χ4n) is 3.67.